The van der Waals surface area contributed by atoms with E-state index in [1.165, 1.54) is 108 Å². The second-order valence-corrected chi connectivity index (χ2v) is 13.8. The summed E-state index contributed by atoms with van der Waals surface area (Å²) in [6.45, 7) is 4.60. The lowest BCUT2D eigenvalue weighted by Crippen LogP contribution is -2.25. The van der Waals surface area contributed by atoms with E-state index in [1.807, 2.05) is 0 Å². The van der Waals surface area contributed by atoms with Crippen molar-refractivity contribution < 1.29 is 4.39 Å². The van der Waals surface area contributed by atoms with Gasteiger partial charge in [0.1, 0.15) is 5.82 Å². The highest BCUT2D eigenvalue weighted by atomic mass is 19.1. The van der Waals surface area contributed by atoms with Gasteiger partial charge in [0.15, 0.2) is 0 Å². The Labute approximate surface area is 239 Å². The molecule has 0 heterocycles. The number of rotatable bonds is 10. The summed E-state index contributed by atoms with van der Waals surface area (Å²) in [5, 5.41) is 0. The molecule has 3 aliphatic rings. The highest BCUT2D eigenvalue weighted by molar-refractivity contribution is 5.64. The van der Waals surface area contributed by atoms with E-state index in [1.54, 1.807) is 6.07 Å². The van der Waals surface area contributed by atoms with Gasteiger partial charge >= 0.3 is 0 Å². The van der Waals surface area contributed by atoms with E-state index in [0.29, 0.717) is 11.8 Å². The molecule has 2 aromatic carbocycles. The molecule has 0 radical (unpaired) electrons. The molecular formula is C38H55F. The van der Waals surface area contributed by atoms with Crippen LogP contribution in [0.15, 0.2) is 42.5 Å². The number of hydrogen-bond acceptors (Lipinski definition) is 0. The van der Waals surface area contributed by atoms with Crippen molar-refractivity contribution in [3.05, 3.63) is 59.4 Å². The predicted octanol–water partition coefficient (Wildman–Crippen LogP) is 12.2. The van der Waals surface area contributed by atoms with Gasteiger partial charge in [-0.25, -0.2) is 4.39 Å². The smallest absolute Gasteiger partial charge is 0.127 e. The summed E-state index contributed by atoms with van der Waals surface area (Å²) < 4.78 is 15.2. The molecular weight excluding hydrogens is 475 g/mol. The molecule has 0 bridgehead atoms. The maximum atomic E-state index is 15.2. The molecule has 0 aromatic heterocycles. The first kappa shape index (κ1) is 28.9. The van der Waals surface area contributed by atoms with Gasteiger partial charge in [0.25, 0.3) is 0 Å². The van der Waals surface area contributed by atoms with Crippen LogP contribution >= 0.6 is 0 Å². The summed E-state index contributed by atoms with van der Waals surface area (Å²) in [6.07, 6.45) is 24.7. The van der Waals surface area contributed by atoms with Gasteiger partial charge in [0.2, 0.25) is 0 Å². The van der Waals surface area contributed by atoms with Gasteiger partial charge in [-0.1, -0.05) is 102 Å². The maximum Gasteiger partial charge on any atom is 0.127 e. The fourth-order valence-electron chi connectivity index (χ4n) is 8.71. The minimum Gasteiger partial charge on any atom is -0.207 e. The Morgan fingerprint density at radius 2 is 1.13 bits per heavy atom. The van der Waals surface area contributed by atoms with Crippen LogP contribution in [-0.4, -0.2) is 0 Å². The summed E-state index contributed by atoms with van der Waals surface area (Å²) in [5.41, 5.74) is 4.63. The molecule has 5 rings (SSSR count). The number of hydrogen-bond donors (Lipinski definition) is 0. The molecule has 0 nitrogen and oxygen atoms in total. The van der Waals surface area contributed by atoms with Crippen LogP contribution in [0, 0.1) is 29.5 Å². The highest BCUT2D eigenvalue weighted by Crippen LogP contribution is 2.45. The van der Waals surface area contributed by atoms with E-state index < -0.39 is 0 Å². The molecule has 3 saturated carbocycles. The van der Waals surface area contributed by atoms with E-state index in [2.05, 4.69) is 50.2 Å². The first-order valence-electron chi connectivity index (χ1n) is 17.0. The third kappa shape index (κ3) is 7.56. The minimum atomic E-state index is 0.00355. The second kappa shape index (κ2) is 14.3. The largest absolute Gasteiger partial charge is 0.207 e. The molecule has 0 spiro atoms. The van der Waals surface area contributed by atoms with E-state index in [-0.39, 0.29) is 5.82 Å². The fourth-order valence-corrected chi connectivity index (χ4v) is 8.71. The van der Waals surface area contributed by atoms with Crippen molar-refractivity contribution >= 4 is 0 Å². The van der Waals surface area contributed by atoms with Crippen LogP contribution < -0.4 is 0 Å². The molecule has 0 amide bonds. The van der Waals surface area contributed by atoms with Crippen molar-refractivity contribution in [2.24, 2.45) is 23.7 Å². The monoisotopic (exact) mass is 530 g/mol. The fraction of sp³-hybridized carbons (Fsp3) is 0.684. The topological polar surface area (TPSA) is 0 Å². The number of halogens is 1. The Morgan fingerprint density at radius 1 is 0.564 bits per heavy atom. The summed E-state index contributed by atoms with van der Waals surface area (Å²) in [6, 6.07) is 15.2. The van der Waals surface area contributed by atoms with Crippen molar-refractivity contribution in [1.82, 2.24) is 0 Å². The predicted molar refractivity (Wildman–Crippen MR) is 166 cm³/mol. The van der Waals surface area contributed by atoms with E-state index in [4.69, 9.17) is 0 Å². The standard InChI is InChI=1S/C38H55F/c1-3-5-6-8-29-9-13-30(14-10-29)31-17-19-32(20-18-31)33-21-23-34(24-22-33)36-25-26-37(38(39)27-36)35-15-11-28(7-4-2)12-16-35/h21-32,35H,3-20H2,1-2H3. The molecule has 0 N–H and O–H groups in total. The van der Waals surface area contributed by atoms with Crippen LogP contribution in [0.4, 0.5) is 4.39 Å². The summed E-state index contributed by atoms with van der Waals surface area (Å²) in [5.74, 6) is 4.98. The quantitative estimate of drug-likeness (QED) is 0.268. The summed E-state index contributed by atoms with van der Waals surface area (Å²) in [4.78, 5) is 0. The normalized spacial score (nSPS) is 29.8. The Morgan fingerprint density at radius 3 is 1.74 bits per heavy atom. The molecule has 214 valence electrons. The van der Waals surface area contributed by atoms with Gasteiger partial charge in [-0.3, -0.25) is 0 Å². The van der Waals surface area contributed by atoms with Crippen LogP contribution in [0.3, 0.4) is 0 Å². The summed E-state index contributed by atoms with van der Waals surface area (Å²) >= 11 is 0. The Kier molecular flexibility index (Phi) is 10.6. The van der Waals surface area contributed by atoms with Crippen LogP contribution in [0.2, 0.25) is 0 Å². The van der Waals surface area contributed by atoms with Gasteiger partial charge < -0.3 is 0 Å². The SMILES string of the molecule is CCCCCC1CCC(C2CCC(c3ccc(-c4ccc(C5CCC(CCC)CC5)c(F)c4)cc3)CC2)CC1. The third-order valence-electron chi connectivity index (χ3n) is 11.2. The van der Waals surface area contributed by atoms with Crippen LogP contribution in [0.1, 0.15) is 152 Å². The molecule has 3 fully saturated rings. The Bertz CT molecular complexity index is 982. The molecule has 2 aromatic rings. The number of benzene rings is 2. The molecule has 3 aliphatic carbocycles. The van der Waals surface area contributed by atoms with Crippen LogP contribution in [0.25, 0.3) is 11.1 Å². The highest BCUT2D eigenvalue weighted by Gasteiger charge is 2.31. The zero-order valence-corrected chi connectivity index (χ0v) is 25.1. The Balaban J connectivity index is 1.10. The lowest BCUT2D eigenvalue weighted by molar-refractivity contribution is 0.155. The van der Waals surface area contributed by atoms with Gasteiger partial charge in [0, 0.05) is 0 Å². The molecule has 0 aliphatic heterocycles. The van der Waals surface area contributed by atoms with Gasteiger partial charge in [-0.05, 0) is 128 Å². The zero-order chi connectivity index (χ0) is 27.0. The zero-order valence-electron chi connectivity index (χ0n) is 25.1. The van der Waals surface area contributed by atoms with E-state index in [0.717, 1.165) is 53.2 Å². The van der Waals surface area contributed by atoms with E-state index in [9.17, 15) is 0 Å². The first-order chi connectivity index (χ1) is 19.1. The minimum absolute atomic E-state index is 0.00355. The third-order valence-corrected chi connectivity index (χ3v) is 11.2. The molecule has 0 saturated heterocycles. The first-order valence-corrected chi connectivity index (χ1v) is 17.0. The van der Waals surface area contributed by atoms with Crippen LogP contribution in [0.5, 0.6) is 0 Å². The van der Waals surface area contributed by atoms with Gasteiger partial charge in [-0.2, -0.15) is 0 Å². The van der Waals surface area contributed by atoms with E-state index >= 15 is 4.39 Å². The second-order valence-electron chi connectivity index (χ2n) is 13.8. The molecule has 0 atom stereocenters. The average Bonchev–Trinajstić information content (AvgIpc) is 2.99. The lowest BCUT2D eigenvalue weighted by Gasteiger charge is -2.38. The lowest BCUT2D eigenvalue weighted by atomic mass is 9.68. The average molecular weight is 531 g/mol. The van der Waals surface area contributed by atoms with Crippen molar-refractivity contribution in [3.63, 3.8) is 0 Å². The molecule has 1 heteroatoms. The van der Waals surface area contributed by atoms with Crippen molar-refractivity contribution in [2.75, 3.05) is 0 Å². The van der Waals surface area contributed by atoms with Crippen molar-refractivity contribution in [2.45, 2.75) is 141 Å². The number of unbranched alkanes of at least 4 members (excludes halogenated alkanes) is 2. The maximum absolute atomic E-state index is 15.2. The summed E-state index contributed by atoms with van der Waals surface area (Å²) in [7, 11) is 0. The van der Waals surface area contributed by atoms with Crippen molar-refractivity contribution in [1.29, 1.82) is 0 Å². The molecule has 0 unspecified atom stereocenters. The van der Waals surface area contributed by atoms with Gasteiger partial charge in [-0.15, -0.1) is 0 Å². The van der Waals surface area contributed by atoms with Gasteiger partial charge in [0.05, 0.1) is 0 Å². The molecule has 39 heavy (non-hydrogen) atoms. The Hall–Kier alpha value is -1.63. The van der Waals surface area contributed by atoms with Crippen LogP contribution in [-0.2, 0) is 0 Å². The van der Waals surface area contributed by atoms with Crippen molar-refractivity contribution in [3.8, 4) is 11.1 Å².